The second kappa shape index (κ2) is 16.3. The monoisotopic (exact) mass is 607 g/mol. The molecule has 2 aliphatic rings. The van der Waals surface area contributed by atoms with Gasteiger partial charge in [0.25, 0.3) is 0 Å². The minimum Gasteiger partial charge on any atom is -0.374 e. The minimum atomic E-state index is -0.569. The molecule has 0 aliphatic carbocycles. The Morgan fingerprint density at radius 1 is 0.600 bits per heavy atom. The van der Waals surface area contributed by atoms with Gasteiger partial charge in [-0.05, 0) is 22.3 Å². The normalized spacial score (nSPS) is 22.8. The number of nitrogens with zero attached hydrogens (tertiary/aromatic N) is 1. The van der Waals surface area contributed by atoms with Crippen molar-refractivity contribution in [3.05, 3.63) is 144 Å². The average molecular weight is 608 g/mol. The van der Waals surface area contributed by atoms with Crippen molar-refractivity contribution in [2.45, 2.75) is 57.1 Å². The van der Waals surface area contributed by atoms with Gasteiger partial charge in [-0.25, -0.2) is 0 Å². The molecule has 6 rings (SSSR count). The van der Waals surface area contributed by atoms with Gasteiger partial charge in [0.1, 0.15) is 24.4 Å². The molecular formula is C37H41N3O5. The Hall–Kier alpha value is -4.05. The van der Waals surface area contributed by atoms with E-state index in [1.54, 1.807) is 0 Å². The zero-order valence-corrected chi connectivity index (χ0v) is 25.4. The van der Waals surface area contributed by atoms with Crippen LogP contribution >= 0.6 is 0 Å². The summed E-state index contributed by atoms with van der Waals surface area (Å²) in [7, 11) is 0. The zero-order valence-electron chi connectivity index (χ0n) is 25.4. The summed E-state index contributed by atoms with van der Waals surface area (Å²) >= 11 is 0. The van der Waals surface area contributed by atoms with Crippen molar-refractivity contribution in [3.63, 3.8) is 0 Å². The molecule has 8 heteroatoms. The molecule has 2 aliphatic heterocycles. The van der Waals surface area contributed by atoms with Crippen LogP contribution < -0.4 is 10.6 Å². The Balaban J connectivity index is 1.29. The Morgan fingerprint density at radius 2 is 1.07 bits per heavy atom. The third-order valence-electron chi connectivity index (χ3n) is 7.84. The SMILES string of the molecule is c1ccc(COC[C@H]2O[C@H](NC3=NCCN3)[C@H](OCc3ccccc3)[C@@H](OCc3ccccc3)[C@@H]2OCc2ccccc2)cc1. The van der Waals surface area contributed by atoms with Gasteiger partial charge in [0.05, 0.1) is 39.6 Å². The molecule has 45 heavy (non-hydrogen) atoms. The van der Waals surface area contributed by atoms with Crippen LogP contribution in [0.5, 0.6) is 0 Å². The minimum absolute atomic E-state index is 0.309. The van der Waals surface area contributed by atoms with Gasteiger partial charge in [-0.3, -0.25) is 4.99 Å². The van der Waals surface area contributed by atoms with E-state index in [9.17, 15) is 0 Å². The first kappa shape index (κ1) is 31.0. The summed E-state index contributed by atoms with van der Waals surface area (Å²) in [6, 6.07) is 40.6. The molecule has 1 fully saturated rings. The first-order chi connectivity index (χ1) is 22.3. The lowest BCUT2D eigenvalue weighted by Crippen LogP contribution is -2.66. The molecule has 4 aromatic rings. The highest BCUT2D eigenvalue weighted by Gasteiger charge is 2.49. The van der Waals surface area contributed by atoms with E-state index in [1.165, 1.54) is 0 Å². The predicted molar refractivity (Wildman–Crippen MR) is 173 cm³/mol. The van der Waals surface area contributed by atoms with Crippen molar-refractivity contribution in [2.75, 3.05) is 19.7 Å². The molecular weight excluding hydrogens is 566 g/mol. The maximum atomic E-state index is 6.78. The first-order valence-corrected chi connectivity index (χ1v) is 15.6. The Morgan fingerprint density at radius 3 is 1.56 bits per heavy atom. The van der Waals surface area contributed by atoms with E-state index in [4.69, 9.17) is 23.7 Å². The van der Waals surface area contributed by atoms with Gasteiger partial charge in [0.2, 0.25) is 0 Å². The van der Waals surface area contributed by atoms with Crippen LogP contribution in [-0.4, -0.2) is 56.3 Å². The van der Waals surface area contributed by atoms with E-state index < -0.39 is 30.6 Å². The van der Waals surface area contributed by atoms with Crippen LogP contribution in [0.1, 0.15) is 22.3 Å². The third-order valence-corrected chi connectivity index (χ3v) is 7.84. The maximum absolute atomic E-state index is 6.78. The van der Waals surface area contributed by atoms with E-state index in [0.717, 1.165) is 28.8 Å². The van der Waals surface area contributed by atoms with Crippen molar-refractivity contribution in [3.8, 4) is 0 Å². The molecule has 5 atom stereocenters. The third kappa shape index (κ3) is 9.00. The lowest BCUT2D eigenvalue weighted by atomic mass is 9.97. The molecule has 0 unspecified atom stereocenters. The molecule has 0 radical (unpaired) electrons. The predicted octanol–water partition coefficient (Wildman–Crippen LogP) is 5.23. The fourth-order valence-corrected chi connectivity index (χ4v) is 5.53. The van der Waals surface area contributed by atoms with Crippen molar-refractivity contribution in [2.24, 2.45) is 4.99 Å². The number of nitrogens with one attached hydrogen (secondary N) is 2. The molecule has 0 aromatic heterocycles. The van der Waals surface area contributed by atoms with Crippen molar-refractivity contribution >= 4 is 5.96 Å². The summed E-state index contributed by atoms with van der Waals surface area (Å²) < 4.78 is 33.2. The molecule has 0 bridgehead atoms. The van der Waals surface area contributed by atoms with Gasteiger partial charge in [-0.2, -0.15) is 0 Å². The van der Waals surface area contributed by atoms with Crippen molar-refractivity contribution < 1.29 is 23.7 Å². The van der Waals surface area contributed by atoms with Crippen LogP contribution in [0.25, 0.3) is 0 Å². The number of aliphatic imine (C=N–C) groups is 1. The second-order valence-corrected chi connectivity index (χ2v) is 11.2. The van der Waals surface area contributed by atoms with E-state index in [0.29, 0.717) is 45.5 Å². The fraction of sp³-hybridized carbons (Fsp3) is 0.324. The summed E-state index contributed by atoms with van der Waals surface area (Å²) in [5.74, 6) is 0.683. The molecule has 2 N–H and O–H groups in total. The van der Waals surface area contributed by atoms with Crippen LogP contribution in [-0.2, 0) is 50.1 Å². The summed E-state index contributed by atoms with van der Waals surface area (Å²) in [5.41, 5.74) is 4.28. The van der Waals surface area contributed by atoms with Gasteiger partial charge >= 0.3 is 0 Å². The average Bonchev–Trinajstić information content (AvgIpc) is 3.61. The van der Waals surface area contributed by atoms with Gasteiger partial charge in [0, 0.05) is 6.54 Å². The van der Waals surface area contributed by atoms with Crippen LogP contribution in [0.4, 0.5) is 0 Å². The summed E-state index contributed by atoms with van der Waals surface area (Å²) in [5, 5.41) is 6.77. The highest BCUT2D eigenvalue weighted by Crippen LogP contribution is 2.30. The largest absolute Gasteiger partial charge is 0.374 e. The Bertz CT molecular complexity index is 1440. The summed E-state index contributed by atoms with van der Waals surface area (Å²) in [4.78, 5) is 4.58. The molecule has 0 saturated carbocycles. The molecule has 4 aromatic carbocycles. The number of hydrogen-bond acceptors (Lipinski definition) is 8. The van der Waals surface area contributed by atoms with Gasteiger partial charge in [0.15, 0.2) is 12.2 Å². The standard InChI is InChI=1S/C37H41N3O5/c1-5-13-28(14-6-1)23-41-27-32-33(42-24-29-15-7-2-8-16-29)34(43-25-30-17-9-3-10-18-30)35(44-26-31-19-11-4-12-20-31)36(45-32)40-37-38-21-22-39-37/h1-20,32-36H,21-27H2,(H2,38,39,40)/t32-,33-,34+,35-,36+/m1/s1. The number of hydrogen-bond donors (Lipinski definition) is 2. The van der Waals surface area contributed by atoms with Crippen LogP contribution in [0, 0.1) is 0 Å². The van der Waals surface area contributed by atoms with Crippen LogP contribution in [0.2, 0.25) is 0 Å². The van der Waals surface area contributed by atoms with E-state index in [-0.39, 0.29) is 0 Å². The molecule has 0 spiro atoms. The smallest absolute Gasteiger partial charge is 0.193 e. The number of guanidine groups is 1. The lowest BCUT2D eigenvalue weighted by molar-refractivity contribution is -0.275. The second-order valence-electron chi connectivity index (χ2n) is 11.2. The van der Waals surface area contributed by atoms with Crippen molar-refractivity contribution in [1.29, 1.82) is 0 Å². The Kier molecular flexibility index (Phi) is 11.2. The summed E-state index contributed by atoms with van der Waals surface area (Å²) in [6.45, 7) is 3.41. The molecule has 234 valence electrons. The molecule has 8 nitrogen and oxygen atoms in total. The van der Waals surface area contributed by atoms with Gasteiger partial charge < -0.3 is 34.3 Å². The Labute approximate surface area is 265 Å². The summed E-state index contributed by atoms with van der Waals surface area (Å²) in [6.07, 6.45) is -2.52. The zero-order chi connectivity index (χ0) is 30.5. The molecule has 2 heterocycles. The molecule has 1 saturated heterocycles. The highest BCUT2D eigenvalue weighted by atomic mass is 16.6. The lowest BCUT2D eigenvalue weighted by Gasteiger charge is -2.46. The van der Waals surface area contributed by atoms with Crippen LogP contribution in [0.15, 0.2) is 126 Å². The number of benzene rings is 4. The van der Waals surface area contributed by atoms with Crippen LogP contribution in [0.3, 0.4) is 0 Å². The highest BCUT2D eigenvalue weighted by molar-refractivity contribution is 5.81. The van der Waals surface area contributed by atoms with E-state index >= 15 is 0 Å². The van der Waals surface area contributed by atoms with Crippen molar-refractivity contribution in [1.82, 2.24) is 10.6 Å². The van der Waals surface area contributed by atoms with E-state index in [1.807, 2.05) is 72.8 Å². The first-order valence-electron chi connectivity index (χ1n) is 15.6. The number of rotatable bonds is 14. The maximum Gasteiger partial charge on any atom is 0.193 e. The van der Waals surface area contributed by atoms with Gasteiger partial charge in [-0.15, -0.1) is 0 Å². The van der Waals surface area contributed by atoms with E-state index in [2.05, 4.69) is 64.2 Å². The fourth-order valence-electron chi connectivity index (χ4n) is 5.53. The van der Waals surface area contributed by atoms with Gasteiger partial charge in [-0.1, -0.05) is 121 Å². The topological polar surface area (TPSA) is 82.6 Å². The molecule has 0 amide bonds. The number of ether oxygens (including phenoxy) is 5. The quantitative estimate of drug-likeness (QED) is 0.203.